The molecular formula is C15H27NO2. The van der Waals surface area contributed by atoms with Crippen LogP contribution in [0.2, 0.25) is 0 Å². The average Bonchev–Trinajstić information content (AvgIpc) is 2.84. The number of hydrogen-bond acceptors (Lipinski definition) is 2. The number of aliphatic hydroxyl groups is 1. The van der Waals surface area contributed by atoms with E-state index in [-0.39, 0.29) is 17.9 Å². The van der Waals surface area contributed by atoms with Crippen LogP contribution in [-0.4, -0.2) is 24.2 Å². The number of amides is 1. The molecule has 3 heteroatoms. The molecule has 2 atom stereocenters. The Kier molecular flexibility index (Phi) is 4.66. The molecule has 0 spiro atoms. The number of carbonyl (C=O) groups excluding carboxylic acids is 1. The minimum absolute atomic E-state index is 0.122. The van der Waals surface area contributed by atoms with E-state index in [1.54, 1.807) is 0 Å². The summed E-state index contributed by atoms with van der Waals surface area (Å²) in [5.41, 5.74) is -0.122. The van der Waals surface area contributed by atoms with E-state index in [0.29, 0.717) is 11.8 Å². The third kappa shape index (κ3) is 3.05. The Balaban J connectivity index is 1.81. The summed E-state index contributed by atoms with van der Waals surface area (Å²) in [6.07, 6.45) is 9.19. The van der Waals surface area contributed by atoms with Gasteiger partial charge in [-0.05, 0) is 37.5 Å². The summed E-state index contributed by atoms with van der Waals surface area (Å²) in [6.45, 7) is 3.14. The second-order valence-electron chi connectivity index (χ2n) is 6.46. The van der Waals surface area contributed by atoms with Gasteiger partial charge in [0.15, 0.2) is 0 Å². The zero-order valence-electron chi connectivity index (χ0n) is 11.6. The lowest BCUT2D eigenvalue weighted by Gasteiger charge is -2.31. The molecule has 0 aromatic rings. The van der Waals surface area contributed by atoms with E-state index >= 15 is 0 Å². The van der Waals surface area contributed by atoms with Gasteiger partial charge in [-0.3, -0.25) is 4.79 Å². The van der Waals surface area contributed by atoms with Gasteiger partial charge < -0.3 is 10.4 Å². The maximum atomic E-state index is 12.2. The van der Waals surface area contributed by atoms with Crippen molar-refractivity contribution in [2.24, 2.45) is 17.3 Å². The van der Waals surface area contributed by atoms with Crippen LogP contribution in [0.4, 0.5) is 0 Å². The fraction of sp³-hybridized carbons (Fsp3) is 0.933. The summed E-state index contributed by atoms with van der Waals surface area (Å²) in [4.78, 5) is 12.2. The second kappa shape index (κ2) is 6.05. The molecular weight excluding hydrogens is 226 g/mol. The van der Waals surface area contributed by atoms with Crippen LogP contribution in [0.3, 0.4) is 0 Å². The highest BCUT2D eigenvalue weighted by Crippen LogP contribution is 2.38. The van der Waals surface area contributed by atoms with Gasteiger partial charge in [-0.15, -0.1) is 0 Å². The molecule has 2 fully saturated rings. The number of aliphatic hydroxyl groups excluding tert-OH is 1. The predicted molar refractivity (Wildman–Crippen MR) is 72.1 cm³/mol. The van der Waals surface area contributed by atoms with Crippen molar-refractivity contribution in [2.75, 3.05) is 13.2 Å². The van der Waals surface area contributed by atoms with Crippen LogP contribution in [-0.2, 0) is 4.79 Å². The third-order valence-electron chi connectivity index (χ3n) is 5.08. The highest BCUT2D eigenvalue weighted by Gasteiger charge is 2.36. The van der Waals surface area contributed by atoms with Crippen molar-refractivity contribution in [3.63, 3.8) is 0 Å². The van der Waals surface area contributed by atoms with Crippen molar-refractivity contribution in [3.05, 3.63) is 0 Å². The van der Waals surface area contributed by atoms with E-state index in [2.05, 4.69) is 12.2 Å². The van der Waals surface area contributed by atoms with Gasteiger partial charge in [0.25, 0.3) is 0 Å². The molecule has 2 aliphatic rings. The lowest BCUT2D eigenvalue weighted by Crippen LogP contribution is -2.41. The molecule has 18 heavy (non-hydrogen) atoms. The highest BCUT2D eigenvalue weighted by atomic mass is 16.3. The summed E-state index contributed by atoms with van der Waals surface area (Å²) in [6, 6.07) is 0. The van der Waals surface area contributed by atoms with Gasteiger partial charge in [0.2, 0.25) is 5.91 Å². The van der Waals surface area contributed by atoms with E-state index in [9.17, 15) is 9.90 Å². The fourth-order valence-corrected chi connectivity index (χ4v) is 3.61. The SMILES string of the molecule is CC1(C(=O)NCC2CCCCC2CO)CCCC1. The van der Waals surface area contributed by atoms with Crippen LogP contribution in [0.5, 0.6) is 0 Å². The third-order valence-corrected chi connectivity index (χ3v) is 5.08. The predicted octanol–water partition coefficient (Wildman–Crippen LogP) is 2.48. The molecule has 0 bridgehead atoms. The lowest BCUT2D eigenvalue weighted by molar-refractivity contribution is -0.130. The van der Waals surface area contributed by atoms with Crippen LogP contribution >= 0.6 is 0 Å². The molecule has 1 amide bonds. The molecule has 104 valence electrons. The molecule has 2 aliphatic carbocycles. The van der Waals surface area contributed by atoms with E-state index in [4.69, 9.17) is 0 Å². The topological polar surface area (TPSA) is 49.3 Å². The number of nitrogens with one attached hydrogen (secondary N) is 1. The fourth-order valence-electron chi connectivity index (χ4n) is 3.61. The Morgan fingerprint density at radius 1 is 1.17 bits per heavy atom. The number of hydrogen-bond donors (Lipinski definition) is 2. The number of carbonyl (C=O) groups is 1. The monoisotopic (exact) mass is 253 g/mol. The Morgan fingerprint density at radius 3 is 2.39 bits per heavy atom. The average molecular weight is 253 g/mol. The first-order valence-corrected chi connectivity index (χ1v) is 7.55. The van der Waals surface area contributed by atoms with E-state index < -0.39 is 0 Å². The van der Waals surface area contributed by atoms with Crippen molar-refractivity contribution in [1.82, 2.24) is 5.32 Å². The van der Waals surface area contributed by atoms with Crippen molar-refractivity contribution in [1.29, 1.82) is 0 Å². The normalized spacial score (nSPS) is 31.2. The summed E-state index contributed by atoms with van der Waals surface area (Å²) in [5, 5.41) is 12.5. The maximum Gasteiger partial charge on any atom is 0.225 e. The Labute approximate surface area is 110 Å². The van der Waals surface area contributed by atoms with Crippen molar-refractivity contribution < 1.29 is 9.90 Å². The molecule has 0 aromatic carbocycles. The standard InChI is InChI=1S/C15H27NO2/c1-15(8-4-5-9-15)14(18)16-10-12-6-2-3-7-13(12)11-17/h12-13,17H,2-11H2,1H3,(H,16,18). The zero-order chi connectivity index (χ0) is 13.0. The maximum absolute atomic E-state index is 12.2. The van der Waals surface area contributed by atoms with Crippen molar-refractivity contribution >= 4 is 5.91 Å². The quantitative estimate of drug-likeness (QED) is 0.808. The van der Waals surface area contributed by atoms with Gasteiger partial charge in [-0.1, -0.05) is 32.6 Å². The van der Waals surface area contributed by atoms with Gasteiger partial charge >= 0.3 is 0 Å². The largest absolute Gasteiger partial charge is 0.396 e. The van der Waals surface area contributed by atoms with E-state index in [1.165, 1.54) is 25.7 Å². The van der Waals surface area contributed by atoms with Gasteiger partial charge in [-0.2, -0.15) is 0 Å². The summed E-state index contributed by atoms with van der Waals surface area (Å²) < 4.78 is 0. The van der Waals surface area contributed by atoms with Crippen LogP contribution in [0, 0.1) is 17.3 Å². The number of rotatable bonds is 4. The van der Waals surface area contributed by atoms with E-state index in [1.807, 2.05) is 0 Å². The molecule has 2 rings (SSSR count). The Hall–Kier alpha value is -0.570. The van der Waals surface area contributed by atoms with Crippen LogP contribution in [0.15, 0.2) is 0 Å². The second-order valence-corrected chi connectivity index (χ2v) is 6.46. The van der Waals surface area contributed by atoms with Gasteiger partial charge in [0, 0.05) is 18.6 Å². The molecule has 0 saturated heterocycles. The van der Waals surface area contributed by atoms with Gasteiger partial charge in [0.1, 0.15) is 0 Å². The molecule has 0 heterocycles. The van der Waals surface area contributed by atoms with Crippen molar-refractivity contribution in [2.45, 2.75) is 58.3 Å². The Bertz CT molecular complexity index is 284. The zero-order valence-corrected chi connectivity index (χ0v) is 11.6. The first-order valence-electron chi connectivity index (χ1n) is 7.55. The molecule has 2 N–H and O–H groups in total. The molecule has 2 unspecified atom stereocenters. The summed E-state index contributed by atoms with van der Waals surface area (Å²) >= 11 is 0. The summed E-state index contributed by atoms with van der Waals surface area (Å²) in [7, 11) is 0. The molecule has 0 radical (unpaired) electrons. The summed E-state index contributed by atoms with van der Waals surface area (Å²) in [5.74, 6) is 1.12. The highest BCUT2D eigenvalue weighted by molar-refractivity contribution is 5.82. The van der Waals surface area contributed by atoms with Crippen LogP contribution < -0.4 is 5.32 Å². The van der Waals surface area contributed by atoms with E-state index in [0.717, 1.165) is 32.2 Å². The van der Waals surface area contributed by atoms with Crippen LogP contribution in [0.25, 0.3) is 0 Å². The lowest BCUT2D eigenvalue weighted by atomic mass is 9.79. The first-order chi connectivity index (χ1) is 8.65. The minimum atomic E-state index is -0.122. The van der Waals surface area contributed by atoms with Crippen LogP contribution in [0.1, 0.15) is 58.3 Å². The smallest absolute Gasteiger partial charge is 0.225 e. The van der Waals surface area contributed by atoms with Gasteiger partial charge in [-0.25, -0.2) is 0 Å². The molecule has 3 nitrogen and oxygen atoms in total. The minimum Gasteiger partial charge on any atom is -0.396 e. The van der Waals surface area contributed by atoms with Crippen molar-refractivity contribution in [3.8, 4) is 0 Å². The van der Waals surface area contributed by atoms with Gasteiger partial charge in [0.05, 0.1) is 0 Å². The molecule has 0 aliphatic heterocycles. The first kappa shape index (κ1) is 13.9. The Morgan fingerprint density at radius 2 is 1.78 bits per heavy atom. The molecule has 0 aromatic heterocycles. The molecule has 2 saturated carbocycles.